The summed E-state index contributed by atoms with van der Waals surface area (Å²) in [5.41, 5.74) is 1.41. The molecule has 3 amide bonds. The summed E-state index contributed by atoms with van der Waals surface area (Å²) in [6.07, 6.45) is 0.813. The minimum atomic E-state index is -0.593. The van der Waals surface area contributed by atoms with Crippen LogP contribution in [-0.4, -0.2) is 47.0 Å². The van der Waals surface area contributed by atoms with Crippen LogP contribution in [0, 0.1) is 0 Å². The normalized spacial score (nSPS) is 13.5. The number of amides is 3. The van der Waals surface area contributed by atoms with Crippen molar-refractivity contribution in [3.63, 3.8) is 0 Å². The van der Waals surface area contributed by atoms with E-state index in [0.29, 0.717) is 28.1 Å². The molecule has 11 heteroatoms. The molecular weight excluding hydrogens is 402 g/mol. The van der Waals surface area contributed by atoms with Gasteiger partial charge in [-0.1, -0.05) is 29.2 Å². The molecule has 1 aromatic carbocycles. The molecule has 0 radical (unpaired) electrons. The fourth-order valence-electron chi connectivity index (χ4n) is 2.57. The van der Waals surface area contributed by atoms with Crippen molar-refractivity contribution in [2.75, 3.05) is 34.4 Å². The van der Waals surface area contributed by atoms with E-state index in [1.807, 2.05) is 12.1 Å². The van der Waals surface area contributed by atoms with E-state index in [-0.39, 0.29) is 24.2 Å². The minimum absolute atomic E-state index is 0.0996. The van der Waals surface area contributed by atoms with E-state index in [0.717, 1.165) is 23.4 Å². The van der Waals surface area contributed by atoms with Crippen LogP contribution in [0.15, 0.2) is 28.6 Å². The van der Waals surface area contributed by atoms with Crippen molar-refractivity contribution in [1.82, 2.24) is 10.2 Å². The predicted molar refractivity (Wildman–Crippen MR) is 108 cm³/mol. The molecule has 3 rings (SSSR count). The first-order valence-electron chi connectivity index (χ1n) is 8.65. The molecule has 9 nitrogen and oxygen atoms in total. The van der Waals surface area contributed by atoms with Crippen LogP contribution in [0.25, 0.3) is 0 Å². The lowest BCUT2D eigenvalue weighted by molar-refractivity contribution is -0.117. The third-order valence-electron chi connectivity index (χ3n) is 3.73. The Bertz CT molecular complexity index is 873. The Labute approximate surface area is 169 Å². The average Bonchev–Trinajstić information content (AvgIpc) is 3.29. The summed E-state index contributed by atoms with van der Waals surface area (Å²) in [6, 6.07) is 7.23. The van der Waals surface area contributed by atoms with Crippen LogP contribution in [-0.2, 0) is 14.3 Å². The number of ether oxygens (including phenoxy) is 1. The zero-order valence-corrected chi connectivity index (χ0v) is 16.8. The van der Waals surface area contributed by atoms with E-state index in [1.165, 1.54) is 11.8 Å². The largest absolute Gasteiger partial charge is 0.450 e. The summed E-state index contributed by atoms with van der Waals surface area (Å²) >= 11 is 2.37. The maximum atomic E-state index is 12.2. The first-order valence-corrected chi connectivity index (χ1v) is 10.5. The van der Waals surface area contributed by atoms with Crippen LogP contribution in [0.4, 0.5) is 21.3 Å². The molecule has 1 aliphatic heterocycles. The van der Waals surface area contributed by atoms with Crippen LogP contribution in [0.3, 0.4) is 0 Å². The van der Waals surface area contributed by atoms with Gasteiger partial charge in [0.2, 0.25) is 16.9 Å². The molecule has 0 unspecified atom stereocenters. The lowest BCUT2D eigenvalue weighted by Crippen LogP contribution is -2.23. The Morgan fingerprint density at radius 1 is 1.32 bits per heavy atom. The zero-order chi connectivity index (χ0) is 19.9. The quantitative estimate of drug-likeness (QED) is 0.522. The van der Waals surface area contributed by atoms with E-state index in [1.54, 1.807) is 24.0 Å². The molecule has 1 saturated heterocycles. The van der Waals surface area contributed by atoms with Crippen LogP contribution in [0.1, 0.15) is 19.8 Å². The van der Waals surface area contributed by atoms with Gasteiger partial charge in [0.15, 0.2) is 4.34 Å². The van der Waals surface area contributed by atoms with Gasteiger partial charge >= 0.3 is 6.09 Å². The maximum Gasteiger partial charge on any atom is 0.413 e. The molecular formula is C17H19N5O4S2. The molecule has 1 aliphatic rings. The molecule has 0 atom stereocenters. The highest BCUT2D eigenvalue weighted by Crippen LogP contribution is 2.27. The Morgan fingerprint density at radius 2 is 2.18 bits per heavy atom. The Kier molecular flexibility index (Phi) is 6.82. The van der Waals surface area contributed by atoms with Gasteiger partial charge in [-0.3, -0.25) is 14.9 Å². The first-order chi connectivity index (χ1) is 13.5. The van der Waals surface area contributed by atoms with Gasteiger partial charge in [-0.05, 0) is 31.5 Å². The van der Waals surface area contributed by atoms with Gasteiger partial charge in [0.1, 0.15) is 0 Å². The lowest BCUT2D eigenvalue weighted by atomic mass is 10.2. The fraction of sp³-hybridized carbons (Fsp3) is 0.353. The van der Waals surface area contributed by atoms with Crippen LogP contribution in [0.2, 0.25) is 0 Å². The summed E-state index contributed by atoms with van der Waals surface area (Å²) in [5, 5.41) is 13.3. The summed E-state index contributed by atoms with van der Waals surface area (Å²) in [5.74, 6) is 0.0357. The van der Waals surface area contributed by atoms with Gasteiger partial charge in [-0.25, -0.2) is 4.79 Å². The first kappa shape index (κ1) is 20.1. The highest BCUT2D eigenvalue weighted by Gasteiger charge is 2.21. The number of anilines is 3. The predicted octanol–water partition coefficient (Wildman–Crippen LogP) is 2.96. The van der Waals surface area contributed by atoms with Crippen molar-refractivity contribution in [1.29, 1.82) is 0 Å². The average molecular weight is 422 g/mol. The molecule has 0 spiro atoms. The van der Waals surface area contributed by atoms with Crippen molar-refractivity contribution < 1.29 is 19.1 Å². The third-order valence-corrected chi connectivity index (χ3v) is 5.70. The lowest BCUT2D eigenvalue weighted by Gasteiger charge is -2.16. The second-order valence-electron chi connectivity index (χ2n) is 5.75. The van der Waals surface area contributed by atoms with Crippen molar-refractivity contribution >= 4 is 57.5 Å². The number of carbonyl (C=O) groups is 3. The minimum Gasteiger partial charge on any atom is -0.450 e. The Balaban J connectivity index is 1.50. The summed E-state index contributed by atoms with van der Waals surface area (Å²) in [6.45, 7) is 2.67. The van der Waals surface area contributed by atoms with Gasteiger partial charge in [-0.2, -0.15) is 0 Å². The monoisotopic (exact) mass is 421 g/mol. The van der Waals surface area contributed by atoms with Gasteiger partial charge in [0.05, 0.1) is 12.4 Å². The van der Waals surface area contributed by atoms with Crippen LogP contribution in [0.5, 0.6) is 0 Å². The van der Waals surface area contributed by atoms with E-state index >= 15 is 0 Å². The van der Waals surface area contributed by atoms with Crippen molar-refractivity contribution in [2.45, 2.75) is 24.1 Å². The molecule has 2 N–H and O–H groups in total. The number of aromatic nitrogens is 2. The maximum absolute atomic E-state index is 12.2. The van der Waals surface area contributed by atoms with Gasteiger partial charge in [0, 0.05) is 24.3 Å². The number of carbonyl (C=O) groups excluding carboxylic acids is 3. The number of nitrogens with one attached hydrogen (secondary N) is 2. The molecule has 0 saturated carbocycles. The highest BCUT2D eigenvalue weighted by molar-refractivity contribution is 8.01. The molecule has 0 aliphatic carbocycles. The molecule has 2 aromatic rings. The topological polar surface area (TPSA) is 114 Å². The number of hydrogen-bond donors (Lipinski definition) is 2. The van der Waals surface area contributed by atoms with Crippen LogP contribution < -0.4 is 15.5 Å². The molecule has 148 valence electrons. The summed E-state index contributed by atoms with van der Waals surface area (Å²) < 4.78 is 5.32. The summed E-state index contributed by atoms with van der Waals surface area (Å²) in [4.78, 5) is 37.1. The second-order valence-corrected chi connectivity index (χ2v) is 7.95. The Morgan fingerprint density at radius 3 is 2.93 bits per heavy atom. The van der Waals surface area contributed by atoms with Crippen molar-refractivity contribution in [2.24, 2.45) is 0 Å². The van der Waals surface area contributed by atoms with E-state index < -0.39 is 6.09 Å². The third kappa shape index (κ3) is 5.42. The van der Waals surface area contributed by atoms with Gasteiger partial charge < -0.3 is 15.0 Å². The molecule has 28 heavy (non-hydrogen) atoms. The smallest absolute Gasteiger partial charge is 0.413 e. The zero-order valence-electron chi connectivity index (χ0n) is 15.1. The highest BCUT2D eigenvalue weighted by atomic mass is 32.2. The van der Waals surface area contributed by atoms with E-state index in [2.05, 4.69) is 20.8 Å². The molecule has 0 bridgehead atoms. The SMILES string of the molecule is CCOC(=O)Nc1nnc(SCC(=O)Nc2cccc(N3CCCC3=O)c2)s1. The van der Waals surface area contributed by atoms with Crippen LogP contribution >= 0.6 is 23.1 Å². The molecule has 1 aromatic heterocycles. The van der Waals surface area contributed by atoms with Gasteiger partial charge in [0.25, 0.3) is 0 Å². The molecule has 1 fully saturated rings. The number of nitrogens with zero attached hydrogens (tertiary/aromatic N) is 3. The second kappa shape index (κ2) is 9.51. The number of benzene rings is 1. The Hall–Kier alpha value is -2.66. The molecule has 2 heterocycles. The number of rotatable bonds is 7. The fourth-order valence-corrected chi connectivity index (χ4v) is 4.11. The van der Waals surface area contributed by atoms with Crippen molar-refractivity contribution in [3.8, 4) is 0 Å². The van der Waals surface area contributed by atoms with E-state index in [4.69, 9.17) is 4.74 Å². The van der Waals surface area contributed by atoms with Crippen molar-refractivity contribution in [3.05, 3.63) is 24.3 Å². The number of hydrogen-bond acceptors (Lipinski definition) is 8. The summed E-state index contributed by atoms with van der Waals surface area (Å²) in [7, 11) is 0. The van der Waals surface area contributed by atoms with Gasteiger partial charge in [-0.15, -0.1) is 10.2 Å². The number of thioether (sulfide) groups is 1. The van der Waals surface area contributed by atoms with E-state index in [9.17, 15) is 14.4 Å². The standard InChI is InChI=1S/C17H19N5O4S2/c1-2-26-16(25)19-15-20-21-17(28-15)27-10-13(23)18-11-5-3-6-12(9-11)22-8-4-7-14(22)24/h3,5-6,9H,2,4,7-8,10H2,1H3,(H,18,23)(H,19,20,25).